The predicted octanol–water partition coefficient (Wildman–Crippen LogP) is 7.20. The van der Waals surface area contributed by atoms with Gasteiger partial charge in [-0.25, -0.2) is 8.42 Å². The van der Waals surface area contributed by atoms with Crippen LogP contribution in [0.2, 0.25) is 0 Å². The van der Waals surface area contributed by atoms with Gasteiger partial charge < -0.3 is 5.11 Å². The Bertz CT molecular complexity index is 1940. The Morgan fingerprint density at radius 3 is 2.13 bits per heavy atom. The van der Waals surface area contributed by atoms with E-state index in [0.717, 1.165) is 33.2 Å². The van der Waals surface area contributed by atoms with Gasteiger partial charge in [0.25, 0.3) is 0 Å². The number of carbonyl (C=O) groups is 1. The molecule has 1 radical (unpaired) electrons. The molecule has 5 aromatic rings. The van der Waals surface area contributed by atoms with E-state index < -0.39 is 9.84 Å². The van der Waals surface area contributed by atoms with Gasteiger partial charge in [-0.2, -0.15) is 0 Å². The predicted molar refractivity (Wildman–Crippen MR) is 148 cm³/mol. The summed E-state index contributed by atoms with van der Waals surface area (Å²) in [5, 5.41) is 9.48. The van der Waals surface area contributed by atoms with Crippen molar-refractivity contribution in [2.24, 2.45) is 0 Å². The van der Waals surface area contributed by atoms with Crippen molar-refractivity contribution in [2.75, 3.05) is 0 Å². The van der Waals surface area contributed by atoms with Gasteiger partial charge >= 0.3 is 0 Å². The van der Waals surface area contributed by atoms with E-state index in [-0.39, 0.29) is 31.6 Å². The summed E-state index contributed by atoms with van der Waals surface area (Å²) in [7, 11) is -3.64. The van der Waals surface area contributed by atoms with Crippen LogP contribution in [0.1, 0.15) is 13.8 Å². The summed E-state index contributed by atoms with van der Waals surface area (Å²) < 4.78 is 26.9. The number of benzene rings is 4. The first-order valence-electron chi connectivity index (χ1n) is 12.1. The Morgan fingerprint density at radius 1 is 0.821 bits per heavy atom. The number of ketones is 1. The van der Waals surface area contributed by atoms with Crippen LogP contribution in [0.4, 0.5) is 0 Å². The second-order valence-electron chi connectivity index (χ2n) is 9.29. The monoisotopic (exact) mass is 709 g/mol. The van der Waals surface area contributed by atoms with E-state index in [4.69, 9.17) is 10.1 Å². The number of allylic oxidation sites excluding steroid dienone is 2. The van der Waals surface area contributed by atoms with Crippen LogP contribution in [0.15, 0.2) is 107 Å². The van der Waals surface area contributed by atoms with Crippen LogP contribution < -0.4 is 0 Å². The third-order valence-corrected chi connectivity index (χ3v) is 8.59. The summed E-state index contributed by atoms with van der Waals surface area (Å²) in [6.07, 6.45) is 1.17. The molecule has 1 N–H and O–H groups in total. The Hall–Kier alpha value is -3.90. The van der Waals surface area contributed by atoms with Gasteiger partial charge in [0.1, 0.15) is 0 Å². The average Bonchev–Trinajstić information content (AvgIpc) is 3.35. The number of nitrogens with zero attached hydrogens (tertiary/aromatic N) is 1. The molecule has 5 nitrogen and oxygen atoms in total. The Balaban J connectivity index is 0.000000345. The number of hydrogen-bond donors (Lipinski definition) is 1. The van der Waals surface area contributed by atoms with Crippen molar-refractivity contribution in [1.82, 2.24) is 4.98 Å². The van der Waals surface area contributed by atoms with Gasteiger partial charge in [0.05, 0.1) is 16.2 Å². The van der Waals surface area contributed by atoms with Gasteiger partial charge in [-0.05, 0) is 64.4 Å². The minimum atomic E-state index is -3.64. The second kappa shape index (κ2) is 10.0. The first-order valence-corrected chi connectivity index (χ1v) is 13.6. The fourth-order valence-electron chi connectivity index (χ4n) is 5.30. The summed E-state index contributed by atoms with van der Waals surface area (Å²) in [6, 6.07) is 30.4. The zero-order chi connectivity index (χ0) is 26.6. The van der Waals surface area contributed by atoms with Crippen molar-refractivity contribution in [3.63, 3.8) is 0 Å². The Labute approximate surface area is 240 Å². The van der Waals surface area contributed by atoms with Gasteiger partial charge in [0, 0.05) is 31.6 Å². The summed E-state index contributed by atoms with van der Waals surface area (Å²) in [5.74, 6) is -0.0625. The van der Waals surface area contributed by atoms with Crippen molar-refractivity contribution in [1.29, 1.82) is 0 Å². The van der Waals surface area contributed by atoms with Crippen LogP contribution in [-0.2, 0) is 34.7 Å². The maximum Gasteiger partial charge on any atom is 0.173 e. The minimum Gasteiger partial charge on any atom is -0.512 e. The SMILES string of the molecule is CC(=O)/C=C(/C)O.O=S1(=O)c2ccccc2-c2cc[c-]c(-c3cc4c5c(cccc5n3)-c3ccccc3-4)c21.[Ir]. The van der Waals surface area contributed by atoms with Gasteiger partial charge in [-0.3, -0.25) is 9.78 Å². The number of fused-ring (bicyclic) bond motifs is 6. The van der Waals surface area contributed by atoms with Crippen molar-refractivity contribution in [3.8, 4) is 44.6 Å². The van der Waals surface area contributed by atoms with Crippen molar-refractivity contribution in [2.45, 2.75) is 23.6 Å². The fourth-order valence-corrected chi connectivity index (χ4v) is 7.14. The van der Waals surface area contributed by atoms with E-state index in [2.05, 4.69) is 24.3 Å². The Kier molecular flexibility index (Phi) is 6.85. The molecule has 1 aliphatic carbocycles. The number of aliphatic hydroxyl groups excluding tert-OH is 1. The molecular formula is C32H22IrNO4S-. The molecule has 7 rings (SSSR count). The van der Waals surface area contributed by atoms with Gasteiger partial charge in [-0.15, -0.1) is 23.8 Å². The van der Waals surface area contributed by atoms with Crippen molar-refractivity contribution in [3.05, 3.63) is 103 Å². The van der Waals surface area contributed by atoms with E-state index in [9.17, 15) is 13.2 Å². The molecule has 0 bridgehead atoms. The molecule has 0 unspecified atom stereocenters. The van der Waals surface area contributed by atoms with Crippen LogP contribution in [0.5, 0.6) is 0 Å². The topological polar surface area (TPSA) is 84.3 Å². The zero-order valence-corrected chi connectivity index (χ0v) is 24.2. The molecule has 0 saturated heterocycles. The second-order valence-corrected chi connectivity index (χ2v) is 11.1. The van der Waals surface area contributed by atoms with Crippen molar-refractivity contribution < 1.29 is 38.4 Å². The van der Waals surface area contributed by atoms with E-state index in [0.29, 0.717) is 21.0 Å². The molecule has 0 saturated carbocycles. The fraction of sp³-hybridized carbons (Fsp3) is 0.0625. The normalized spacial score (nSPS) is 13.4. The molecule has 1 aliphatic heterocycles. The molecule has 0 fully saturated rings. The zero-order valence-electron chi connectivity index (χ0n) is 21.0. The maximum atomic E-state index is 13.4. The third-order valence-electron chi connectivity index (χ3n) is 6.69. The summed E-state index contributed by atoms with van der Waals surface area (Å²) >= 11 is 0. The van der Waals surface area contributed by atoms with E-state index in [1.165, 1.54) is 31.1 Å². The van der Waals surface area contributed by atoms with Crippen LogP contribution in [0.25, 0.3) is 55.5 Å². The smallest absolute Gasteiger partial charge is 0.173 e. The number of hydrogen-bond acceptors (Lipinski definition) is 5. The molecule has 1 aromatic heterocycles. The van der Waals surface area contributed by atoms with E-state index >= 15 is 0 Å². The third kappa shape index (κ3) is 4.33. The number of sulfone groups is 1. The molecule has 2 heterocycles. The number of pyridine rings is 1. The van der Waals surface area contributed by atoms with Crippen LogP contribution >= 0.6 is 0 Å². The average molecular weight is 709 g/mol. The molecule has 2 aliphatic rings. The number of rotatable bonds is 2. The van der Waals surface area contributed by atoms with Gasteiger partial charge in [0.15, 0.2) is 15.6 Å². The van der Waals surface area contributed by atoms with Gasteiger partial charge in [-0.1, -0.05) is 66.2 Å². The first kappa shape index (κ1) is 26.7. The van der Waals surface area contributed by atoms with Crippen molar-refractivity contribution >= 4 is 26.5 Å². The van der Waals surface area contributed by atoms with E-state index in [1.54, 1.807) is 18.2 Å². The molecule has 0 amide bonds. The Morgan fingerprint density at radius 2 is 1.46 bits per heavy atom. The molecule has 7 heteroatoms. The van der Waals surface area contributed by atoms with Crippen LogP contribution in [0.3, 0.4) is 0 Å². The summed E-state index contributed by atoms with van der Waals surface area (Å²) in [6.45, 7) is 2.85. The summed E-state index contributed by atoms with van der Waals surface area (Å²) in [5.41, 5.74) is 8.07. The molecule has 0 atom stereocenters. The standard InChI is InChI=1S/C27H14NO2S.C5H8O2.Ir/c29-31(30)25-14-4-3-9-18(25)20-11-5-12-21(27(20)31)24-15-22-17-8-2-1-7-16(17)19-10-6-13-23(28-24)26(19)22;1-4(6)3-5(2)7;/h1-11,13-15H;3,6H,1-2H3;/q-1;;/b;4-3-;. The molecule has 195 valence electrons. The molecule has 4 aromatic carbocycles. The largest absolute Gasteiger partial charge is 0.512 e. The molecule has 39 heavy (non-hydrogen) atoms. The number of aromatic nitrogens is 1. The van der Waals surface area contributed by atoms with Crippen LogP contribution in [-0.4, -0.2) is 24.3 Å². The first-order chi connectivity index (χ1) is 18.3. The maximum absolute atomic E-state index is 13.4. The van der Waals surface area contributed by atoms with Gasteiger partial charge in [0.2, 0.25) is 0 Å². The van der Waals surface area contributed by atoms with E-state index in [1.807, 2.05) is 48.5 Å². The minimum absolute atomic E-state index is 0. The summed E-state index contributed by atoms with van der Waals surface area (Å²) in [4.78, 5) is 15.6. The quantitative estimate of drug-likeness (QED) is 0.117. The molecule has 0 spiro atoms. The van der Waals surface area contributed by atoms with Crippen LogP contribution in [0, 0.1) is 6.07 Å². The number of aliphatic hydroxyl groups is 1. The number of carbonyl (C=O) groups excluding carboxylic acids is 1. The molecular weight excluding hydrogens is 687 g/mol.